The molecule has 0 radical (unpaired) electrons. The molecule has 0 amide bonds. The lowest BCUT2D eigenvalue weighted by Crippen LogP contribution is -2.45. The minimum absolute atomic E-state index is 0.256. The van der Waals surface area contributed by atoms with Gasteiger partial charge in [0.15, 0.2) is 0 Å². The number of fused-ring (bicyclic) bond motifs is 1. The quantitative estimate of drug-likeness (QED) is 0.764. The molecule has 5 nitrogen and oxygen atoms in total. The summed E-state index contributed by atoms with van der Waals surface area (Å²) >= 11 is 0. The van der Waals surface area contributed by atoms with Crippen LogP contribution < -0.4 is 5.32 Å². The number of nitrogens with one attached hydrogen (secondary N) is 1. The number of likely N-dealkylation sites (tertiary alicyclic amines) is 1. The molecule has 1 saturated carbocycles. The second kappa shape index (κ2) is 8.11. The van der Waals surface area contributed by atoms with Crippen molar-refractivity contribution in [2.45, 2.75) is 24.7 Å². The highest BCUT2D eigenvalue weighted by Gasteiger charge is 2.56. The molecule has 3 unspecified atom stereocenters. The lowest BCUT2D eigenvalue weighted by atomic mass is 9.88. The van der Waals surface area contributed by atoms with Crippen LogP contribution in [0, 0.1) is 11.8 Å². The Bertz CT molecular complexity index is 817. The number of aliphatic imine (C=N–C) groups is 1. The predicted molar refractivity (Wildman–Crippen MR) is 115 cm³/mol. The van der Waals surface area contributed by atoms with E-state index >= 15 is 0 Å². The van der Waals surface area contributed by atoms with Crippen LogP contribution in [-0.4, -0.2) is 53.4 Å². The maximum absolute atomic E-state index is 9.99. The van der Waals surface area contributed by atoms with Crippen LogP contribution in [0.3, 0.4) is 0 Å². The van der Waals surface area contributed by atoms with Gasteiger partial charge in [-0.1, -0.05) is 60.7 Å². The van der Waals surface area contributed by atoms with Gasteiger partial charge in [0.1, 0.15) is 0 Å². The lowest BCUT2D eigenvalue weighted by molar-refractivity contribution is -0.127. The number of nitrogens with zero attached hydrogens (tertiary/aromatic N) is 3. The highest BCUT2D eigenvalue weighted by molar-refractivity contribution is 5.71. The summed E-state index contributed by atoms with van der Waals surface area (Å²) in [5.41, 5.74) is 2.77. The largest absolute Gasteiger partial charge is 0.313 e. The molecule has 5 heteroatoms. The molecule has 0 aromatic heterocycles. The van der Waals surface area contributed by atoms with E-state index in [0.717, 1.165) is 26.1 Å². The fraction of sp³-hybridized carbons (Fsp3) is 0.375. The van der Waals surface area contributed by atoms with Crippen molar-refractivity contribution in [3.8, 4) is 0 Å². The Balaban J connectivity index is 1.15. The van der Waals surface area contributed by atoms with E-state index in [2.05, 4.69) is 75.9 Å². The first kappa shape index (κ1) is 18.6. The lowest BCUT2D eigenvalue weighted by Gasteiger charge is -2.32. The van der Waals surface area contributed by atoms with Crippen LogP contribution in [0.5, 0.6) is 0 Å². The van der Waals surface area contributed by atoms with E-state index in [-0.39, 0.29) is 6.29 Å². The van der Waals surface area contributed by atoms with Crippen molar-refractivity contribution in [3.63, 3.8) is 0 Å². The smallest absolute Gasteiger partial charge is 0.201 e. The molecule has 2 aromatic carbocycles. The van der Waals surface area contributed by atoms with Crippen molar-refractivity contribution in [2.75, 3.05) is 19.6 Å². The predicted octanol–water partition coefficient (Wildman–Crippen LogP) is 3.30. The SMILES string of the molecule is ON1C=CC=NC1N1CC2C(C1)C2NCCC(c1ccccc1)c1ccccc1. The average molecular weight is 389 g/mol. The van der Waals surface area contributed by atoms with Gasteiger partial charge in [-0.05, 0) is 42.0 Å². The second-order valence-corrected chi connectivity index (χ2v) is 8.29. The third kappa shape index (κ3) is 3.86. The van der Waals surface area contributed by atoms with E-state index < -0.39 is 0 Å². The molecular formula is C24H28N4O. The summed E-state index contributed by atoms with van der Waals surface area (Å²) in [4.78, 5) is 6.66. The minimum Gasteiger partial charge on any atom is -0.313 e. The summed E-state index contributed by atoms with van der Waals surface area (Å²) in [7, 11) is 0. The molecule has 5 rings (SSSR count). The Labute approximate surface area is 172 Å². The molecule has 2 fully saturated rings. The Morgan fingerprint density at radius 2 is 1.59 bits per heavy atom. The van der Waals surface area contributed by atoms with E-state index in [1.54, 1.807) is 18.5 Å². The third-order valence-electron chi connectivity index (χ3n) is 6.55. The Morgan fingerprint density at radius 3 is 2.17 bits per heavy atom. The molecular weight excluding hydrogens is 360 g/mol. The number of hydrogen-bond acceptors (Lipinski definition) is 5. The fourth-order valence-electron chi connectivity index (χ4n) is 5.00. The molecule has 2 heterocycles. The van der Waals surface area contributed by atoms with Gasteiger partial charge in [0.05, 0.1) is 0 Å². The minimum atomic E-state index is -0.256. The zero-order valence-corrected chi connectivity index (χ0v) is 16.5. The van der Waals surface area contributed by atoms with E-state index in [0.29, 0.717) is 23.8 Å². The monoisotopic (exact) mass is 388 g/mol. The molecule has 3 atom stereocenters. The molecule has 0 bridgehead atoms. The van der Waals surface area contributed by atoms with Crippen LogP contribution >= 0.6 is 0 Å². The molecule has 0 spiro atoms. The number of hydroxylamine groups is 2. The van der Waals surface area contributed by atoms with Crippen LogP contribution in [0.4, 0.5) is 0 Å². The van der Waals surface area contributed by atoms with Gasteiger partial charge < -0.3 is 5.32 Å². The van der Waals surface area contributed by atoms with Gasteiger partial charge in [-0.2, -0.15) is 0 Å². The normalized spacial score (nSPS) is 28.1. The van der Waals surface area contributed by atoms with Gasteiger partial charge in [-0.25, -0.2) is 5.06 Å². The maximum Gasteiger partial charge on any atom is 0.201 e. The maximum atomic E-state index is 9.99. The van der Waals surface area contributed by atoms with Crippen molar-refractivity contribution in [2.24, 2.45) is 16.8 Å². The summed E-state index contributed by atoms with van der Waals surface area (Å²) in [5, 5.41) is 15.0. The van der Waals surface area contributed by atoms with E-state index in [1.165, 1.54) is 16.2 Å². The number of rotatable bonds is 7. The highest BCUT2D eigenvalue weighted by atomic mass is 16.5. The molecule has 2 aliphatic heterocycles. The van der Waals surface area contributed by atoms with Crippen molar-refractivity contribution in [3.05, 3.63) is 84.1 Å². The molecule has 1 saturated heterocycles. The summed E-state index contributed by atoms with van der Waals surface area (Å²) < 4.78 is 0. The summed E-state index contributed by atoms with van der Waals surface area (Å²) in [6.45, 7) is 3.01. The van der Waals surface area contributed by atoms with E-state index in [9.17, 15) is 5.21 Å². The Morgan fingerprint density at radius 1 is 0.966 bits per heavy atom. The Hall–Kier alpha value is -2.47. The highest BCUT2D eigenvalue weighted by Crippen LogP contribution is 2.46. The number of piperidine rings is 1. The second-order valence-electron chi connectivity index (χ2n) is 8.29. The topological polar surface area (TPSA) is 51.1 Å². The standard InChI is InChI=1S/C24H28N4O/c29-28-15-7-13-26-24(28)27-16-21-22(17-27)23(21)25-14-12-20(18-8-3-1-4-9-18)19-10-5-2-6-11-19/h1-11,13,15,20-25,29H,12,14,16-17H2. The van der Waals surface area contributed by atoms with E-state index in [4.69, 9.17) is 0 Å². The fourth-order valence-corrected chi connectivity index (χ4v) is 5.00. The van der Waals surface area contributed by atoms with Crippen LogP contribution in [-0.2, 0) is 0 Å². The van der Waals surface area contributed by atoms with Gasteiger partial charge in [0.2, 0.25) is 6.29 Å². The molecule has 2 aromatic rings. The number of allylic oxidation sites excluding steroid dienone is 1. The first-order valence-corrected chi connectivity index (χ1v) is 10.6. The van der Waals surface area contributed by atoms with Crippen molar-refractivity contribution < 1.29 is 5.21 Å². The van der Waals surface area contributed by atoms with Crippen LogP contribution in [0.2, 0.25) is 0 Å². The third-order valence-corrected chi connectivity index (χ3v) is 6.55. The molecule has 1 aliphatic carbocycles. The van der Waals surface area contributed by atoms with Crippen molar-refractivity contribution >= 4 is 6.21 Å². The summed E-state index contributed by atoms with van der Waals surface area (Å²) in [6, 6.07) is 22.2. The molecule has 3 aliphatic rings. The zero-order valence-electron chi connectivity index (χ0n) is 16.5. The van der Waals surface area contributed by atoms with Crippen molar-refractivity contribution in [1.29, 1.82) is 0 Å². The van der Waals surface area contributed by atoms with Crippen molar-refractivity contribution in [1.82, 2.24) is 15.3 Å². The van der Waals surface area contributed by atoms with Crippen LogP contribution in [0.15, 0.2) is 77.9 Å². The van der Waals surface area contributed by atoms with Gasteiger partial charge in [-0.15, -0.1) is 0 Å². The zero-order chi connectivity index (χ0) is 19.6. The van der Waals surface area contributed by atoms with Gasteiger partial charge in [0.25, 0.3) is 0 Å². The average Bonchev–Trinajstić information content (AvgIpc) is 3.21. The number of benzene rings is 2. The number of hydrogen-bond donors (Lipinski definition) is 2. The van der Waals surface area contributed by atoms with Gasteiger partial charge >= 0.3 is 0 Å². The molecule has 150 valence electrons. The first-order chi connectivity index (χ1) is 14.3. The van der Waals surface area contributed by atoms with E-state index in [1.807, 2.05) is 0 Å². The first-order valence-electron chi connectivity index (χ1n) is 10.6. The van der Waals surface area contributed by atoms with Crippen LogP contribution in [0.25, 0.3) is 0 Å². The van der Waals surface area contributed by atoms with Gasteiger partial charge in [-0.3, -0.25) is 15.1 Å². The Kier molecular flexibility index (Phi) is 5.19. The van der Waals surface area contributed by atoms with Gasteiger partial charge in [0, 0.05) is 37.5 Å². The molecule has 2 N–H and O–H groups in total. The summed E-state index contributed by atoms with van der Waals surface area (Å²) in [5.74, 6) is 1.78. The van der Waals surface area contributed by atoms with Crippen LogP contribution in [0.1, 0.15) is 23.5 Å². The summed E-state index contributed by atoms with van der Waals surface area (Å²) in [6.07, 6.45) is 6.03. The molecule has 29 heavy (non-hydrogen) atoms.